The van der Waals surface area contributed by atoms with E-state index in [2.05, 4.69) is 11.2 Å². The van der Waals surface area contributed by atoms with E-state index in [-0.39, 0.29) is 24.0 Å². The van der Waals surface area contributed by atoms with E-state index in [1.807, 2.05) is 0 Å². The van der Waals surface area contributed by atoms with Crippen LogP contribution in [0, 0.1) is 22.5 Å². The van der Waals surface area contributed by atoms with Crippen molar-refractivity contribution in [3.05, 3.63) is 64.2 Å². The molecule has 110 valence electrons. The van der Waals surface area contributed by atoms with E-state index < -0.39 is 4.92 Å². The highest BCUT2D eigenvalue weighted by molar-refractivity contribution is 5.92. The highest BCUT2D eigenvalue weighted by atomic mass is 16.6. The Morgan fingerprint density at radius 3 is 2.77 bits per heavy atom. The molecule has 6 nitrogen and oxygen atoms in total. The number of nitrogens with one attached hydrogen (secondary N) is 1. The third kappa shape index (κ3) is 4.08. The topological polar surface area (TPSA) is 81.5 Å². The summed E-state index contributed by atoms with van der Waals surface area (Å²) in [6.45, 7) is -0.262. The van der Waals surface area contributed by atoms with Gasteiger partial charge in [-0.15, -0.1) is 6.42 Å². The Hall–Kier alpha value is -3.33. The van der Waals surface area contributed by atoms with Gasteiger partial charge < -0.3 is 10.1 Å². The van der Waals surface area contributed by atoms with Crippen molar-refractivity contribution in [3.63, 3.8) is 0 Å². The van der Waals surface area contributed by atoms with Gasteiger partial charge in [-0.25, -0.2) is 0 Å². The minimum Gasteiger partial charge on any atom is -0.484 e. The van der Waals surface area contributed by atoms with Crippen LogP contribution in [0.2, 0.25) is 0 Å². The molecule has 0 atom stereocenters. The number of nitro benzene ring substituents is 1. The lowest BCUT2D eigenvalue weighted by atomic mass is 10.2. The van der Waals surface area contributed by atoms with Crippen molar-refractivity contribution in [3.8, 4) is 18.1 Å². The monoisotopic (exact) mass is 296 g/mol. The molecule has 0 heterocycles. The fourth-order valence-electron chi connectivity index (χ4n) is 1.72. The molecule has 0 unspecified atom stereocenters. The molecule has 0 aliphatic carbocycles. The number of hydrogen-bond acceptors (Lipinski definition) is 4. The first-order chi connectivity index (χ1) is 10.6. The van der Waals surface area contributed by atoms with Crippen molar-refractivity contribution in [2.45, 2.75) is 0 Å². The number of terminal acetylenes is 1. The lowest BCUT2D eigenvalue weighted by Crippen LogP contribution is -2.20. The molecule has 0 saturated heterocycles. The molecular formula is C16H12N2O4. The summed E-state index contributed by atoms with van der Waals surface area (Å²) in [6, 6.07) is 12.5. The smallest absolute Gasteiger partial charge is 0.273 e. The van der Waals surface area contributed by atoms with E-state index in [1.165, 1.54) is 18.2 Å². The Bertz CT molecular complexity index is 750. The third-order valence-corrected chi connectivity index (χ3v) is 2.71. The van der Waals surface area contributed by atoms with Crippen LogP contribution < -0.4 is 10.1 Å². The molecule has 0 aliphatic heterocycles. The second-order valence-corrected chi connectivity index (χ2v) is 4.32. The number of nitro groups is 1. The summed E-state index contributed by atoms with van der Waals surface area (Å²) in [5, 5.41) is 13.3. The van der Waals surface area contributed by atoms with E-state index >= 15 is 0 Å². The van der Waals surface area contributed by atoms with Crippen LogP contribution in [-0.4, -0.2) is 17.4 Å². The normalized spacial score (nSPS) is 9.59. The number of carbonyl (C=O) groups is 1. The molecule has 0 bridgehead atoms. The van der Waals surface area contributed by atoms with Gasteiger partial charge in [-0.3, -0.25) is 14.9 Å². The predicted molar refractivity (Wildman–Crippen MR) is 81.6 cm³/mol. The fourth-order valence-corrected chi connectivity index (χ4v) is 1.72. The van der Waals surface area contributed by atoms with Crippen LogP contribution in [0.25, 0.3) is 0 Å². The molecule has 0 fully saturated rings. The van der Waals surface area contributed by atoms with Crippen LogP contribution in [0.3, 0.4) is 0 Å². The molecule has 0 saturated carbocycles. The lowest BCUT2D eigenvalue weighted by molar-refractivity contribution is -0.384. The second-order valence-electron chi connectivity index (χ2n) is 4.32. The quantitative estimate of drug-likeness (QED) is 0.522. The Labute approximate surface area is 126 Å². The number of non-ortho nitro benzene ring substituents is 1. The number of carbonyl (C=O) groups excluding carboxylic acids is 1. The molecule has 2 aromatic rings. The van der Waals surface area contributed by atoms with Gasteiger partial charge in [-0.1, -0.05) is 18.1 Å². The largest absolute Gasteiger partial charge is 0.484 e. The highest BCUT2D eigenvalue weighted by Crippen LogP contribution is 2.19. The first-order valence-corrected chi connectivity index (χ1v) is 6.32. The molecule has 6 heteroatoms. The second kappa shape index (κ2) is 6.90. The van der Waals surface area contributed by atoms with Crippen molar-refractivity contribution in [2.24, 2.45) is 0 Å². The van der Waals surface area contributed by atoms with E-state index in [0.717, 1.165) is 0 Å². The number of ether oxygens (including phenoxy) is 1. The Morgan fingerprint density at radius 2 is 2.05 bits per heavy atom. The number of nitrogens with zero attached hydrogens (tertiary/aromatic N) is 1. The zero-order valence-electron chi connectivity index (χ0n) is 11.5. The minimum atomic E-state index is -0.530. The maximum atomic E-state index is 11.8. The van der Waals surface area contributed by atoms with Gasteiger partial charge in [0.2, 0.25) is 0 Å². The highest BCUT2D eigenvalue weighted by Gasteiger charge is 2.08. The van der Waals surface area contributed by atoms with Gasteiger partial charge >= 0.3 is 0 Å². The summed E-state index contributed by atoms with van der Waals surface area (Å²) < 4.78 is 5.23. The zero-order chi connectivity index (χ0) is 15.9. The van der Waals surface area contributed by atoms with Gasteiger partial charge in [0.1, 0.15) is 5.75 Å². The lowest BCUT2D eigenvalue weighted by Gasteiger charge is -2.07. The van der Waals surface area contributed by atoms with Crippen LogP contribution in [0.1, 0.15) is 5.56 Å². The number of rotatable bonds is 5. The first kappa shape index (κ1) is 15.1. The van der Waals surface area contributed by atoms with E-state index in [1.54, 1.807) is 30.3 Å². The van der Waals surface area contributed by atoms with Gasteiger partial charge in [0.15, 0.2) is 6.61 Å². The number of anilines is 1. The molecule has 1 N–H and O–H groups in total. The molecular weight excluding hydrogens is 284 g/mol. The molecule has 0 aromatic heterocycles. The molecule has 1 amide bonds. The van der Waals surface area contributed by atoms with Gasteiger partial charge in [0.05, 0.1) is 11.0 Å². The molecule has 0 radical (unpaired) electrons. The molecule has 2 aromatic carbocycles. The van der Waals surface area contributed by atoms with Crippen LogP contribution in [0.15, 0.2) is 48.5 Å². The van der Waals surface area contributed by atoms with Crippen LogP contribution in [-0.2, 0) is 4.79 Å². The van der Waals surface area contributed by atoms with Crippen molar-refractivity contribution in [2.75, 3.05) is 11.9 Å². The van der Waals surface area contributed by atoms with Crippen LogP contribution in [0.4, 0.5) is 11.4 Å². The Balaban J connectivity index is 1.94. The van der Waals surface area contributed by atoms with E-state index in [9.17, 15) is 14.9 Å². The average molecular weight is 296 g/mol. The standard InChI is InChI=1S/C16H12N2O4/c1-2-12-5-3-6-13(9-12)17-16(19)11-22-15-8-4-7-14(10-15)18(20)21/h1,3-10H,11H2,(H,17,19). The SMILES string of the molecule is C#Cc1cccc(NC(=O)COc2cccc([N+](=O)[O-])c2)c1. The van der Waals surface area contributed by atoms with Gasteiger partial charge in [0, 0.05) is 17.3 Å². The van der Waals surface area contributed by atoms with Crippen molar-refractivity contribution < 1.29 is 14.5 Å². The number of benzene rings is 2. The Morgan fingerprint density at radius 1 is 1.27 bits per heavy atom. The fraction of sp³-hybridized carbons (Fsp3) is 0.0625. The third-order valence-electron chi connectivity index (χ3n) is 2.71. The maximum Gasteiger partial charge on any atom is 0.273 e. The summed E-state index contributed by atoms with van der Waals surface area (Å²) in [7, 11) is 0. The molecule has 0 spiro atoms. The number of amides is 1. The summed E-state index contributed by atoms with van der Waals surface area (Å²) in [4.78, 5) is 21.9. The summed E-state index contributed by atoms with van der Waals surface area (Å²) >= 11 is 0. The molecule has 22 heavy (non-hydrogen) atoms. The van der Waals surface area contributed by atoms with Gasteiger partial charge in [-0.2, -0.15) is 0 Å². The van der Waals surface area contributed by atoms with Crippen LogP contribution >= 0.6 is 0 Å². The Kier molecular flexibility index (Phi) is 4.73. The summed E-state index contributed by atoms with van der Waals surface area (Å²) in [6.07, 6.45) is 5.28. The van der Waals surface area contributed by atoms with Crippen molar-refractivity contribution in [1.29, 1.82) is 0 Å². The van der Waals surface area contributed by atoms with Crippen LogP contribution in [0.5, 0.6) is 5.75 Å². The van der Waals surface area contributed by atoms with E-state index in [4.69, 9.17) is 11.2 Å². The van der Waals surface area contributed by atoms with Crippen molar-refractivity contribution in [1.82, 2.24) is 0 Å². The van der Waals surface area contributed by atoms with E-state index in [0.29, 0.717) is 11.3 Å². The average Bonchev–Trinajstić information content (AvgIpc) is 2.53. The first-order valence-electron chi connectivity index (χ1n) is 6.32. The van der Waals surface area contributed by atoms with Gasteiger partial charge in [-0.05, 0) is 24.3 Å². The van der Waals surface area contributed by atoms with Crippen molar-refractivity contribution >= 4 is 17.3 Å². The molecule has 2 rings (SSSR count). The maximum absolute atomic E-state index is 11.8. The zero-order valence-corrected chi connectivity index (χ0v) is 11.5. The van der Waals surface area contributed by atoms with Gasteiger partial charge in [0.25, 0.3) is 11.6 Å². The number of hydrogen-bond donors (Lipinski definition) is 1. The predicted octanol–water partition coefficient (Wildman–Crippen LogP) is 2.59. The summed E-state index contributed by atoms with van der Waals surface area (Å²) in [5.74, 6) is 2.33. The molecule has 0 aliphatic rings. The minimum absolute atomic E-state index is 0.0976. The summed E-state index contributed by atoms with van der Waals surface area (Å²) in [5.41, 5.74) is 1.11.